The standard InChI is InChI=1S/C78H140NO8P/c1-3-5-7-9-11-13-15-17-19-21-23-25-27-29-31-33-35-37-39-40-42-44-46-48-50-52-54-56-58-60-62-64-66-68-70-77(80)84-74-76(75-86-88(82,83)85-73-72-79)87-78(81)71-69-67-65-63-61-59-57-55-53-51-49-47-45-43-41-38-36-34-32-30-28-26-24-22-20-18-16-14-12-10-8-6-4-2/h6,8,12,14,18,20,24,26,30,32,36,38,43,45,49,51,76H,3-5,7,9-11,13,15-17,19,21-23,25,27-29,31,33-35,37,39-42,44,46-48,50,52-75,79H2,1-2H3,(H,82,83)/b8-6-,14-12-,20-18-,26-24-,32-30-,38-36-,45-43-,51-49-. The lowest BCUT2D eigenvalue weighted by molar-refractivity contribution is -0.161. The molecular weight excluding hydrogens is 1110 g/mol. The predicted molar refractivity (Wildman–Crippen MR) is 381 cm³/mol. The summed E-state index contributed by atoms with van der Waals surface area (Å²) in [6, 6.07) is 0. The van der Waals surface area contributed by atoms with Crippen molar-refractivity contribution in [3.63, 3.8) is 0 Å². The van der Waals surface area contributed by atoms with Crippen LogP contribution in [0.5, 0.6) is 0 Å². The molecule has 0 saturated heterocycles. The maximum atomic E-state index is 12.8. The van der Waals surface area contributed by atoms with E-state index in [9.17, 15) is 19.0 Å². The normalized spacial score (nSPS) is 13.5. The van der Waals surface area contributed by atoms with Crippen LogP contribution in [0.15, 0.2) is 97.2 Å². The third kappa shape index (κ3) is 72.0. The summed E-state index contributed by atoms with van der Waals surface area (Å²) in [7, 11) is -4.40. The van der Waals surface area contributed by atoms with Crippen LogP contribution in [0.2, 0.25) is 0 Å². The monoisotopic (exact) mass is 1250 g/mol. The number of hydrogen-bond acceptors (Lipinski definition) is 8. The highest BCUT2D eigenvalue weighted by Gasteiger charge is 2.26. The summed E-state index contributed by atoms with van der Waals surface area (Å²) in [6.07, 6.45) is 99.5. The van der Waals surface area contributed by atoms with E-state index >= 15 is 0 Å². The molecule has 0 radical (unpaired) electrons. The van der Waals surface area contributed by atoms with Gasteiger partial charge in [0, 0.05) is 19.4 Å². The molecule has 0 aliphatic carbocycles. The van der Waals surface area contributed by atoms with Crippen LogP contribution in [0.3, 0.4) is 0 Å². The summed E-state index contributed by atoms with van der Waals surface area (Å²) in [4.78, 5) is 35.4. The summed E-state index contributed by atoms with van der Waals surface area (Å²) in [5.41, 5.74) is 5.41. The third-order valence-electron chi connectivity index (χ3n) is 16.2. The quantitative estimate of drug-likeness (QED) is 0.0264. The van der Waals surface area contributed by atoms with E-state index in [2.05, 4.69) is 111 Å². The Bertz CT molecular complexity index is 1770. The largest absolute Gasteiger partial charge is 0.472 e. The molecular formula is C78H140NO8P. The van der Waals surface area contributed by atoms with Crippen LogP contribution in [0, 0.1) is 0 Å². The summed E-state index contributed by atoms with van der Waals surface area (Å²) >= 11 is 0. The number of hydrogen-bond donors (Lipinski definition) is 2. The molecule has 0 aromatic carbocycles. The summed E-state index contributed by atoms with van der Waals surface area (Å²) in [5.74, 6) is -0.827. The van der Waals surface area contributed by atoms with Crippen LogP contribution >= 0.6 is 7.82 Å². The molecule has 0 aromatic rings. The number of unbranched alkanes of at least 4 members (excludes halogenated alkanes) is 41. The van der Waals surface area contributed by atoms with Gasteiger partial charge in [-0.1, -0.05) is 361 Å². The molecule has 10 heteroatoms. The Labute approximate surface area is 544 Å². The van der Waals surface area contributed by atoms with Crippen LogP contribution in [0.4, 0.5) is 0 Å². The number of ether oxygens (including phenoxy) is 2. The lowest BCUT2D eigenvalue weighted by Crippen LogP contribution is -2.29. The summed E-state index contributed by atoms with van der Waals surface area (Å²) in [5, 5.41) is 0. The summed E-state index contributed by atoms with van der Waals surface area (Å²) < 4.78 is 33.2. The van der Waals surface area contributed by atoms with Crippen molar-refractivity contribution >= 4 is 19.8 Å². The van der Waals surface area contributed by atoms with Crippen LogP contribution in [0.1, 0.15) is 354 Å². The Morgan fingerprint density at radius 2 is 0.625 bits per heavy atom. The second-order valence-corrected chi connectivity index (χ2v) is 26.2. The van der Waals surface area contributed by atoms with E-state index in [4.69, 9.17) is 24.3 Å². The molecule has 0 aliphatic rings. The average molecular weight is 1250 g/mol. The van der Waals surface area contributed by atoms with Crippen molar-refractivity contribution in [1.29, 1.82) is 0 Å². The number of carbonyl (C=O) groups is 2. The van der Waals surface area contributed by atoms with Crippen LogP contribution in [0.25, 0.3) is 0 Å². The molecule has 510 valence electrons. The van der Waals surface area contributed by atoms with Gasteiger partial charge in [-0.15, -0.1) is 0 Å². The van der Waals surface area contributed by atoms with E-state index in [1.165, 1.54) is 225 Å². The van der Waals surface area contributed by atoms with Gasteiger partial charge in [0.05, 0.1) is 13.2 Å². The highest BCUT2D eigenvalue weighted by atomic mass is 31.2. The molecule has 9 nitrogen and oxygen atoms in total. The maximum Gasteiger partial charge on any atom is 0.472 e. The van der Waals surface area contributed by atoms with Gasteiger partial charge < -0.3 is 20.1 Å². The van der Waals surface area contributed by atoms with Gasteiger partial charge in [-0.05, 0) is 77.0 Å². The average Bonchev–Trinajstić information content (AvgIpc) is 3.53. The molecule has 0 spiro atoms. The Balaban J connectivity index is 3.87. The number of phosphoric acid groups is 1. The molecule has 0 aliphatic heterocycles. The molecule has 3 N–H and O–H groups in total. The van der Waals surface area contributed by atoms with Gasteiger partial charge >= 0.3 is 19.8 Å². The lowest BCUT2D eigenvalue weighted by atomic mass is 10.0. The number of allylic oxidation sites excluding steroid dienone is 16. The summed E-state index contributed by atoms with van der Waals surface area (Å²) in [6.45, 7) is 3.67. The van der Waals surface area contributed by atoms with Gasteiger partial charge in [0.25, 0.3) is 0 Å². The van der Waals surface area contributed by atoms with Gasteiger partial charge in [-0.3, -0.25) is 18.6 Å². The first-order chi connectivity index (χ1) is 43.3. The second-order valence-electron chi connectivity index (χ2n) is 24.8. The fourth-order valence-corrected chi connectivity index (χ4v) is 11.5. The fourth-order valence-electron chi connectivity index (χ4n) is 10.8. The SMILES string of the molecule is CC/C=C\C/C=C\C/C=C\C/C=C\C/C=C\C/C=C\C/C=C\C/C=C\CCCCCCCCCCC(=O)OC(COC(=O)CCCCCCCCCCCCCCCCCCCCCCCCCCCCCCCCCCCC)COP(=O)(O)OCCN. The van der Waals surface area contributed by atoms with E-state index < -0.39 is 26.5 Å². The van der Waals surface area contributed by atoms with Gasteiger partial charge in [0.15, 0.2) is 6.10 Å². The molecule has 0 fully saturated rings. The van der Waals surface area contributed by atoms with Crippen molar-refractivity contribution in [2.75, 3.05) is 26.4 Å². The molecule has 88 heavy (non-hydrogen) atoms. The van der Waals surface area contributed by atoms with Crippen molar-refractivity contribution in [3.8, 4) is 0 Å². The minimum Gasteiger partial charge on any atom is -0.462 e. The number of rotatable bonds is 70. The molecule has 0 aromatic heterocycles. The zero-order chi connectivity index (χ0) is 63.7. The van der Waals surface area contributed by atoms with Crippen molar-refractivity contribution < 1.29 is 37.6 Å². The highest BCUT2D eigenvalue weighted by Crippen LogP contribution is 2.43. The van der Waals surface area contributed by atoms with Gasteiger partial charge in [-0.2, -0.15) is 0 Å². The topological polar surface area (TPSA) is 134 Å². The maximum absolute atomic E-state index is 12.8. The van der Waals surface area contributed by atoms with E-state index in [-0.39, 0.29) is 38.6 Å². The number of carbonyl (C=O) groups excluding carboxylic acids is 2. The third-order valence-corrected chi connectivity index (χ3v) is 17.2. The zero-order valence-electron chi connectivity index (χ0n) is 57.4. The van der Waals surface area contributed by atoms with Gasteiger partial charge in [0.2, 0.25) is 0 Å². The Kier molecular flexibility index (Phi) is 70.4. The second kappa shape index (κ2) is 73.0. The number of nitrogens with two attached hydrogens (primary N) is 1. The number of esters is 2. The molecule has 0 saturated carbocycles. The van der Waals surface area contributed by atoms with Crippen LogP contribution in [-0.2, 0) is 32.7 Å². The van der Waals surface area contributed by atoms with Crippen molar-refractivity contribution in [2.24, 2.45) is 5.73 Å². The van der Waals surface area contributed by atoms with Crippen molar-refractivity contribution in [3.05, 3.63) is 97.2 Å². The molecule has 0 rings (SSSR count). The zero-order valence-corrected chi connectivity index (χ0v) is 58.3. The smallest absolute Gasteiger partial charge is 0.462 e. The first-order valence-corrected chi connectivity index (χ1v) is 38.7. The van der Waals surface area contributed by atoms with Gasteiger partial charge in [0.1, 0.15) is 6.61 Å². The molecule has 2 unspecified atom stereocenters. The predicted octanol–water partition coefficient (Wildman–Crippen LogP) is 24.7. The Morgan fingerprint density at radius 3 is 0.932 bits per heavy atom. The fraction of sp³-hybridized carbons (Fsp3) is 0.769. The number of phosphoric ester groups is 1. The Hall–Kier alpha value is -3.07. The molecule has 0 heterocycles. The van der Waals surface area contributed by atoms with E-state index in [1.807, 2.05) is 0 Å². The molecule has 2 atom stereocenters. The van der Waals surface area contributed by atoms with Crippen molar-refractivity contribution in [1.82, 2.24) is 0 Å². The van der Waals surface area contributed by atoms with Crippen LogP contribution in [-0.4, -0.2) is 49.3 Å². The van der Waals surface area contributed by atoms with E-state index in [0.717, 1.165) is 96.3 Å². The lowest BCUT2D eigenvalue weighted by Gasteiger charge is -2.19. The van der Waals surface area contributed by atoms with E-state index in [1.54, 1.807) is 0 Å². The minimum absolute atomic E-state index is 0.0492. The first-order valence-electron chi connectivity index (χ1n) is 37.2. The van der Waals surface area contributed by atoms with Gasteiger partial charge in [-0.25, -0.2) is 4.57 Å². The molecule has 0 bridgehead atoms. The van der Waals surface area contributed by atoms with Crippen molar-refractivity contribution in [2.45, 2.75) is 360 Å². The van der Waals surface area contributed by atoms with E-state index in [0.29, 0.717) is 6.42 Å². The minimum atomic E-state index is -4.40. The first kappa shape index (κ1) is 84.9. The van der Waals surface area contributed by atoms with Crippen LogP contribution < -0.4 is 5.73 Å². The Morgan fingerprint density at radius 1 is 0.352 bits per heavy atom. The highest BCUT2D eigenvalue weighted by molar-refractivity contribution is 7.47. The molecule has 0 amide bonds.